The molecule has 0 heterocycles. The van der Waals surface area contributed by atoms with Crippen molar-refractivity contribution in [2.75, 3.05) is 12.4 Å². The molecule has 2 aromatic carbocycles. The van der Waals surface area contributed by atoms with E-state index in [4.69, 9.17) is 10.00 Å². The topological polar surface area (TPSA) is 106 Å². The Labute approximate surface area is 167 Å². The molecule has 2 N–H and O–H groups in total. The molecule has 0 radical (unpaired) electrons. The summed E-state index contributed by atoms with van der Waals surface area (Å²) in [6.07, 6.45) is -3.42. The highest BCUT2D eigenvalue weighted by Crippen LogP contribution is 2.38. The molecule has 0 aromatic heterocycles. The molecule has 6 nitrogen and oxygen atoms in total. The van der Waals surface area contributed by atoms with Crippen LogP contribution in [0.4, 0.5) is 18.9 Å². The standard InChI is InChI=1S/C19H12F3N3O3S/c1-28-15-6-11(7-16(17(15)26)29-10-24)5-12(9-23)18(27)25-14-4-2-3-13(8-14)19(20,21)22/h2-8,26H,1H3,(H,25,27)/b12-5-. The van der Waals surface area contributed by atoms with Crippen molar-refractivity contribution >= 4 is 29.4 Å². The number of carbonyl (C=O) groups is 1. The molecule has 0 aliphatic carbocycles. The van der Waals surface area contributed by atoms with Crippen molar-refractivity contribution in [1.29, 1.82) is 10.5 Å². The van der Waals surface area contributed by atoms with E-state index in [1.54, 1.807) is 11.5 Å². The molecule has 0 aliphatic heterocycles. The van der Waals surface area contributed by atoms with Gasteiger partial charge in [0, 0.05) is 5.69 Å². The number of nitrogens with zero attached hydrogens (tertiary/aromatic N) is 2. The van der Waals surface area contributed by atoms with Gasteiger partial charge in [0.2, 0.25) is 0 Å². The number of alkyl halides is 3. The summed E-state index contributed by atoms with van der Waals surface area (Å²) >= 11 is 0.651. The fraction of sp³-hybridized carbons (Fsp3) is 0.105. The first-order valence-electron chi connectivity index (χ1n) is 7.77. The Hall–Kier alpha value is -3.63. The number of nitriles is 2. The molecule has 0 atom stereocenters. The monoisotopic (exact) mass is 419 g/mol. The Morgan fingerprint density at radius 2 is 2.00 bits per heavy atom. The van der Waals surface area contributed by atoms with E-state index in [0.717, 1.165) is 24.3 Å². The molecule has 0 saturated carbocycles. The van der Waals surface area contributed by atoms with Crippen LogP contribution in [0.25, 0.3) is 6.08 Å². The number of ether oxygens (including phenoxy) is 1. The van der Waals surface area contributed by atoms with Crippen LogP contribution in [0.15, 0.2) is 46.9 Å². The maximum absolute atomic E-state index is 12.8. The van der Waals surface area contributed by atoms with Crippen LogP contribution in [-0.2, 0) is 11.0 Å². The number of halogens is 3. The van der Waals surface area contributed by atoms with Crippen LogP contribution in [-0.4, -0.2) is 18.1 Å². The van der Waals surface area contributed by atoms with Crippen molar-refractivity contribution in [1.82, 2.24) is 0 Å². The van der Waals surface area contributed by atoms with Gasteiger partial charge in [-0.25, -0.2) is 0 Å². The SMILES string of the molecule is COc1cc(/C=C(/C#N)C(=O)Nc2cccc(C(F)(F)F)c2)cc(SC#N)c1O. The van der Waals surface area contributed by atoms with Crippen LogP contribution in [0.1, 0.15) is 11.1 Å². The van der Waals surface area contributed by atoms with Gasteiger partial charge in [0.05, 0.1) is 17.6 Å². The van der Waals surface area contributed by atoms with Crippen LogP contribution < -0.4 is 10.1 Å². The third-order valence-electron chi connectivity index (χ3n) is 3.56. The number of thioether (sulfide) groups is 1. The van der Waals surface area contributed by atoms with Crippen molar-refractivity contribution < 1.29 is 27.8 Å². The van der Waals surface area contributed by atoms with E-state index in [9.17, 15) is 28.3 Å². The zero-order chi connectivity index (χ0) is 21.6. The van der Waals surface area contributed by atoms with Crippen molar-refractivity contribution in [3.8, 4) is 23.0 Å². The maximum Gasteiger partial charge on any atom is 0.416 e. The number of hydrogen-bond acceptors (Lipinski definition) is 6. The highest BCUT2D eigenvalue weighted by molar-refractivity contribution is 8.03. The minimum atomic E-state index is -4.58. The number of rotatable bonds is 5. The van der Waals surface area contributed by atoms with Gasteiger partial charge >= 0.3 is 6.18 Å². The number of anilines is 1. The van der Waals surface area contributed by atoms with Crippen molar-refractivity contribution in [2.24, 2.45) is 0 Å². The van der Waals surface area contributed by atoms with Crippen LogP contribution in [0.2, 0.25) is 0 Å². The number of phenolic OH excluding ortho intramolecular Hbond substituents is 1. The molecule has 10 heteroatoms. The number of benzene rings is 2. The number of phenols is 1. The second-order valence-electron chi connectivity index (χ2n) is 5.47. The van der Waals surface area contributed by atoms with Gasteiger partial charge in [-0.3, -0.25) is 4.79 Å². The predicted molar refractivity (Wildman–Crippen MR) is 99.8 cm³/mol. The van der Waals surface area contributed by atoms with E-state index >= 15 is 0 Å². The number of hydrogen-bond donors (Lipinski definition) is 2. The third-order valence-corrected chi connectivity index (χ3v) is 4.18. The molecule has 1 amide bonds. The van der Waals surface area contributed by atoms with Gasteiger partial charge in [-0.05, 0) is 53.7 Å². The Morgan fingerprint density at radius 1 is 1.28 bits per heavy atom. The Bertz CT molecular complexity index is 1050. The summed E-state index contributed by atoms with van der Waals surface area (Å²) in [6, 6.07) is 8.36. The lowest BCUT2D eigenvalue weighted by atomic mass is 10.1. The molecular formula is C19H12F3N3O3S. The van der Waals surface area contributed by atoms with Crippen LogP contribution >= 0.6 is 11.8 Å². The van der Waals surface area contributed by atoms with Gasteiger partial charge in [-0.15, -0.1) is 0 Å². The van der Waals surface area contributed by atoms with Crippen molar-refractivity contribution in [3.63, 3.8) is 0 Å². The minimum absolute atomic E-state index is 0.0204. The van der Waals surface area contributed by atoms with E-state index in [1.807, 2.05) is 0 Å². The third kappa shape index (κ3) is 5.43. The number of methoxy groups -OCH3 is 1. The molecular weight excluding hydrogens is 407 g/mol. The predicted octanol–water partition coefficient (Wildman–Crippen LogP) is 4.54. The molecule has 2 aromatic rings. The normalized spacial score (nSPS) is 11.3. The zero-order valence-electron chi connectivity index (χ0n) is 14.7. The van der Waals surface area contributed by atoms with Gasteiger partial charge in [-0.2, -0.15) is 23.7 Å². The second-order valence-corrected chi connectivity index (χ2v) is 6.29. The molecule has 0 spiro atoms. The number of nitrogens with one attached hydrogen (secondary N) is 1. The lowest BCUT2D eigenvalue weighted by molar-refractivity contribution is -0.137. The van der Waals surface area contributed by atoms with Gasteiger partial charge < -0.3 is 15.2 Å². The maximum atomic E-state index is 12.8. The summed E-state index contributed by atoms with van der Waals surface area (Å²) in [7, 11) is 1.29. The fourth-order valence-corrected chi connectivity index (χ4v) is 2.75. The highest BCUT2D eigenvalue weighted by Gasteiger charge is 2.30. The first-order valence-corrected chi connectivity index (χ1v) is 8.58. The highest BCUT2D eigenvalue weighted by atomic mass is 32.2. The lowest BCUT2D eigenvalue weighted by Gasteiger charge is -2.10. The number of thiocyanates is 1. The first-order chi connectivity index (χ1) is 13.7. The number of aromatic hydroxyl groups is 1. The number of carbonyl (C=O) groups excluding carboxylic acids is 1. The van der Waals surface area contributed by atoms with Crippen LogP contribution in [0.3, 0.4) is 0 Å². The summed E-state index contributed by atoms with van der Waals surface area (Å²) in [5.41, 5.74) is -1.20. The van der Waals surface area contributed by atoms with Crippen LogP contribution in [0, 0.1) is 22.0 Å². The molecule has 0 fully saturated rings. The van der Waals surface area contributed by atoms with Gasteiger partial charge in [0.25, 0.3) is 5.91 Å². The Morgan fingerprint density at radius 3 is 2.59 bits per heavy atom. The summed E-state index contributed by atoms with van der Waals surface area (Å²) in [5, 5.41) is 32.1. The fourth-order valence-electron chi connectivity index (χ4n) is 2.26. The summed E-state index contributed by atoms with van der Waals surface area (Å²) in [6.45, 7) is 0. The lowest BCUT2D eigenvalue weighted by Crippen LogP contribution is -2.14. The summed E-state index contributed by atoms with van der Waals surface area (Å²) in [4.78, 5) is 12.5. The van der Waals surface area contributed by atoms with E-state index in [0.29, 0.717) is 11.8 Å². The quantitative estimate of drug-likeness (QED) is 0.319. The van der Waals surface area contributed by atoms with Gasteiger partial charge in [0.1, 0.15) is 17.0 Å². The molecule has 0 bridgehead atoms. The average Bonchev–Trinajstić information content (AvgIpc) is 2.67. The van der Waals surface area contributed by atoms with E-state index < -0.39 is 23.2 Å². The Balaban J connectivity index is 2.35. The molecule has 29 heavy (non-hydrogen) atoms. The number of amides is 1. The molecule has 2 rings (SSSR count). The first kappa shape index (κ1) is 21.7. The average molecular weight is 419 g/mol. The summed E-state index contributed by atoms with van der Waals surface area (Å²) < 4.78 is 43.4. The molecule has 148 valence electrons. The Kier molecular flexibility index (Phi) is 6.75. The molecule has 0 aliphatic rings. The van der Waals surface area contributed by atoms with E-state index in [1.165, 1.54) is 25.3 Å². The van der Waals surface area contributed by atoms with Crippen molar-refractivity contribution in [2.45, 2.75) is 11.1 Å². The van der Waals surface area contributed by atoms with Crippen LogP contribution in [0.5, 0.6) is 11.5 Å². The summed E-state index contributed by atoms with van der Waals surface area (Å²) in [5.74, 6) is -1.18. The van der Waals surface area contributed by atoms with E-state index in [-0.39, 0.29) is 27.6 Å². The smallest absolute Gasteiger partial charge is 0.416 e. The van der Waals surface area contributed by atoms with Gasteiger partial charge in [0.15, 0.2) is 11.5 Å². The minimum Gasteiger partial charge on any atom is -0.503 e. The molecule has 0 unspecified atom stereocenters. The second kappa shape index (κ2) is 9.04. The zero-order valence-corrected chi connectivity index (χ0v) is 15.6. The molecule has 0 saturated heterocycles. The van der Waals surface area contributed by atoms with E-state index in [2.05, 4.69) is 5.32 Å². The largest absolute Gasteiger partial charge is 0.503 e. The van der Waals surface area contributed by atoms with Gasteiger partial charge in [-0.1, -0.05) is 6.07 Å². The van der Waals surface area contributed by atoms with Crippen molar-refractivity contribution in [3.05, 3.63) is 53.1 Å².